The molecule has 0 atom stereocenters. The van der Waals surface area contributed by atoms with Gasteiger partial charge in [-0.25, -0.2) is 0 Å². The fourth-order valence-electron chi connectivity index (χ4n) is 1.11. The molecule has 0 unspecified atom stereocenters. The fraction of sp³-hybridized carbons (Fsp3) is 0.615. The maximum absolute atomic E-state index is 10.9. The topological polar surface area (TPSA) is 20.3 Å². The van der Waals surface area contributed by atoms with Crippen molar-refractivity contribution in [3.63, 3.8) is 0 Å². The molecule has 0 aromatic rings. The van der Waals surface area contributed by atoms with Crippen molar-refractivity contribution in [2.45, 2.75) is 40.5 Å². The first-order chi connectivity index (χ1) is 6.93. The molecule has 0 aliphatic carbocycles. The van der Waals surface area contributed by atoms with E-state index in [0.29, 0.717) is 0 Å². The Labute approximate surface area is 93.7 Å². The van der Waals surface area contributed by atoms with Crippen LogP contribution in [0.1, 0.15) is 40.5 Å². The second kappa shape index (κ2) is 7.27. The van der Waals surface area contributed by atoms with Gasteiger partial charge in [-0.15, -0.1) is 0 Å². The molecular formula is C13H23NO. The summed E-state index contributed by atoms with van der Waals surface area (Å²) in [7, 11) is 1.82. The highest BCUT2D eigenvalue weighted by Crippen LogP contribution is 2.06. The molecule has 0 radical (unpaired) electrons. The highest BCUT2D eigenvalue weighted by molar-refractivity contribution is 5.72. The van der Waals surface area contributed by atoms with E-state index in [4.69, 9.17) is 0 Å². The number of rotatable bonds is 5. The Morgan fingerprint density at radius 1 is 1.13 bits per heavy atom. The lowest BCUT2D eigenvalue weighted by Crippen LogP contribution is -2.23. The quantitative estimate of drug-likeness (QED) is 0.637. The van der Waals surface area contributed by atoms with Crippen LogP contribution in [0, 0.1) is 0 Å². The summed E-state index contributed by atoms with van der Waals surface area (Å²) in [4.78, 5) is 12.7. The Kier molecular flexibility index (Phi) is 6.76. The van der Waals surface area contributed by atoms with Gasteiger partial charge in [0.2, 0.25) is 5.91 Å². The van der Waals surface area contributed by atoms with Crippen LogP contribution in [0.25, 0.3) is 0 Å². The number of nitrogens with zero attached hydrogens (tertiary/aromatic N) is 1. The Bertz CT molecular complexity index is 260. The van der Waals surface area contributed by atoms with E-state index in [1.165, 1.54) is 11.1 Å². The summed E-state index contributed by atoms with van der Waals surface area (Å²) in [6.45, 7) is 8.65. The summed E-state index contributed by atoms with van der Waals surface area (Å²) in [5, 5.41) is 0. The molecule has 15 heavy (non-hydrogen) atoms. The van der Waals surface area contributed by atoms with Crippen molar-refractivity contribution in [2.75, 3.05) is 13.6 Å². The number of hydrogen-bond donors (Lipinski definition) is 0. The Morgan fingerprint density at radius 3 is 2.20 bits per heavy atom. The van der Waals surface area contributed by atoms with Crippen LogP contribution in [-0.4, -0.2) is 24.4 Å². The van der Waals surface area contributed by atoms with Gasteiger partial charge in [-0.2, -0.15) is 0 Å². The Morgan fingerprint density at radius 2 is 1.73 bits per heavy atom. The average Bonchev–Trinajstić information content (AvgIpc) is 2.13. The van der Waals surface area contributed by atoms with Crippen molar-refractivity contribution in [3.05, 3.63) is 23.3 Å². The standard InChI is InChI=1S/C13H23NO/c1-11(2)7-6-8-12(3)9-10-14(5)13(4)15/h7,9H,6,8,10H2,1-5H3. The molecule has 2 nitrogen and oxygen atoms in total. The van der Waals surface area contributed by atoms with Gasteiger partial charge in [-0.1, -0.05) is 23.3 Å². The number of carbonyl (C=O) groups excluding carboxylic acids is 1. The van der Waals surface area contributed by atoms with Gasteiger partial charge in [0, 0.05) is 20.5 Å². The minimum atomic E-state index is 0.114. The van der Waals surface area contributed by atoms with Crippen molar-refractivity contribution >= 4 is 5.91 Å². The molecule has 0 aliphatic rings. The number of hydrogen-bond acceptors (Lipinski definition) is 1. The van der Waals surface area contributed by atoms with E-state index < -0.39 is 0 Å². The van der Waals surface area contributed by atoms with Crippen LogP contribution in [0.4, 0.5) is 0 Å². The summed E-state index contributed by atoms with van der Waals surface area (Å²) in [5.74, 6) is 0.114. The van der Waals surface area contributed by atoms with E-state index in [-0.39, 0.29) is 5.91 Å². The van der Waals surface area contributed by atoms with E-state index in [1.807, 2.05) is 7.05 Å². The summed E-state index contributed by atoms with van der Waals surface area (Å²) in [5.41, 5.74) is 2.71. The highest BCUT2D eigenvalue weighted by atomic mass is 16.2. The lowest BCUT2D eigenvalue weighted by atomic mass is 10.1. The van der Waals surface area contributed by atoms with Crippen molar-refractivity contribution < 1.29 is 4.79 Å². The second-order valence-electron chi connectivity index (χ2n) is 4.27. The fourth-order valence-corrected chi connectivity index (χ4v) is 1.11. The predicted octanol–water partition coefficient (Wildman–Crippen LogP) is 3.16. The lowest BCUT2D eigenvalue weighted by Gasteiger charge is -2.12. The number of allylic oxidation sites excluding steroid dienone is 3. The third kappa shape index (κ3) is 7.98. The maximum Gasteiger partial charge on any atom is 0.219 e. The van der Waals surface area contributed by atoms with Crippen LogP contribution in [0.3, 0.4) is 0 Å². The van der Waals surface area contributed by atoms with Gasteiger partial charge < -0.3 is 4.90 Å². The van der Waals surface area contributed by atoms with Gasteiger partial charge in [-0.05, 0) is 33.6 Å². The summed E-state index contributed by atoms with van der Waals surface area (Å²) in [6, 6.07) is 0. The van der Waals surface area contributed by atoms with E-state index in [2.05, 4.69) is 32.9 Å². The van der Waals surface area contributed by atoms with Gasteiger partial charge in [0.25, 0.3) is 0 Å². The van der Waals surface area contributed by atoms with Crippen molar-refractivity contribution in [1.82, 2.24) is 4.90 Å². The van der Waals surface area contributed by atoms with Gasteiger partial charge in [0.05, 0.1) is 0 Å². The van der Waals surface area contributed by atoms with Crippen LogP contribution in [0.15, 0.2) is 23.3 Å². The van der Waals surface area contributed by atoms with E-state index in [9.17, 15) is 4.79 Å². The molecule has 0 rings (SSSR count). The van der Waals surface area contributed by atoms with Crippen molar-refractivity contribution in [1.29, 1.82) is 0 Å². The predicted molar refractivity (Wildman–Crippen MR) is 65.7 cm³/mol. The number of likely N-dealkylation sites (N-methyl/N-ethyl adjacent to an activating group) is 1. The largest absolute Gasteiger partial charge is 0.342 e. The SMILES string of the molecule is CC(=O)N(C)CC=C(C)CCC=C(C)C. The molecule has 0 N–H and O–H groups in total. The number of amides is 1. The molecule has 0 bridgehead atoms. The molecule has 0 aliphatic heterocycles. The van der Waals surface area contributed by atoms with Gasteiger partial charge in [0.1, 0.15) is 0 Å². The molecule has 0 fully saturated rings. The number of carbonyl (C=O) groups is 1. The van der Waals surface area contributed by atoms with Crippen LogP contribution >= 0.6 is 0 Å². The van der Waals surface area contributed by atoms with Crippen LogP contribution < -0.4 is 0 Å². The molecule has 2 heteroatoms. The first kappa shape index (κ1) is 13.9. The molecular weight excluding hydrogens is 186 g/mol. The van der Waals surface area contributed by atoms with Gasteiger partial charge >= 0.3 is 0 Å². The third-order valence-corrected chi connectivity index (χ3v) is 2.34. The lowest BCUT2D eigenvalue weighted by molar-refractivity contribution is -0.127. The molecule has 86 valence electrons. The zero-order chi connectivity index (χ0) is 11.8. The molecule has 0 aromatic carbocycles. The Hall–Kier alpha value is -1.05. The normalized spacial score (nSPS) is 11.1. The average molecular weight is 209 g/mol. The first-order valence-electron chi connectivity index (χ1n) is 5.44. The Balaban J connectivity index is 3.89. The second-order valence-corrected chi connectivity index (χ2v) is 4.27. The van der Waals surface area contributed by atoms with E-state index in [0.717, 1.165) is 19.4 Å². The molecule has 0 aromatic heterocycles. The molecule has 0 heterocycles. The molecule has 0 saturated carbocycles. The molecule has 0 spiro atoms. The van der Waals surface area contributed by atoms with Gasteiger partial charge in [0.15, 0.2) is 0 Å². The van der Waals surface area contributed by atoms with Crippen molar-refractivity contribution in [2.24, 2.45) is 0 Å². The van der Waals surface area contributed by atoms with Crippen LogP contribution in [-0.2, 0) is 4.79 Å². The van der Waals surface area contributed by atoms with Gasteiger partial charge in [-0.3, -0.25) is 4.79 Å². The van der Waals surface area contributed by atoms with Crippen LogP contribution in [0.2, 0.25) is 0 Å². The minimum absolute atomic E-state index is 0.114. The monoisotopic (exact) mass is 209 g/mol. The third-order valence-electron chi connectivity index (χ3n) is 2.34. The molecule has 0 saturated heterocycles. The summed E-state index contributed by atoms with van der Waals surface area (Å²) in [6.07, 6.45) is 6.54. The summed E-state index contributed by atoms with van der Waals surface area (Å²) >= 11 is 0. The smallest absolute Gasteiger partial charge is 0.219 e. The zero-order valence-electron chi connectivity index (χ0n) is 10.6. The van der Waals surface area contributed by atoms with Crippen LogP contribution in [0.5, 0.6) is 0 Å². The van der Waals surface area contributed by atoms with Crippen molar-refractivity contribution in [3.8, 4) is 0 Å². The zero-order valence-corrected chi connectivity index (χ0v) is 10.6. The summed E-state index contributed by atoms with van der Waals surface area (Å²) < 4.78 is 0. The van der Waals surface area contributed by atoms with E-state index in [1.54, 1.807) is 11.8 Å². The first-order valence-corrected chi connectivity index (χ1v) is 5.44. The molecule has 1 amide bonds. The maximum atomic E-state index is 10.9. The van der Waals surface area contributed by atoms with E-state index >= 15 is 0 Å². The minimum Gasteiger partial charge on any atom is -0.342 e. The highest BCUT2D eigenvalue weighted by Gasteiger charge is 1.98.